The predicted octanol–water partition coefficient (Wildman–Crippen LogP) is 2.28. The molecule has 2 aromatic rings. The Morgan fingerprint density at radius 1 is 1.07 bits per heavy atom. The zero-order valence-corrected chi connectivity index (χ0v) is 17.8. The minimum absolute atomic E-state index is 0.151. The average molecular weight is 451 g/mol. The highest BCUT2D eigenvalue weighted by molar-refractivity contribution is 7.89. The number of halogens is 1. The van der Waals surface area contributed by atoms with Gasteiger partial charge >= 0.3 is 0 Å². The number of hydrogen-bond acceptors (Lipinski definition) is 5. The fourth-order valence-electron chi connectivity index (χ4n) is 3.22. The molecule has 1 saturated heterocycles. The number of pyridine rings is 1. The van der Waals surface area contributed by atoms with Crippen LogP contribution < -0.4 is 10.6 Å². The van der Waals surface area contributed by atoms with E-state index in [2.05, 4.69) is 15.6 Å². The van der Waals surface area contributed by atoms with Gasteiger partial charge in [0, 0.05) is 55.1 Å². The van der Waals surface area contributed by atoms with E-state index in [4.69, 9.17) is 11.6 Å². The highest BCUT2D eigenvalue weighted by Crippen LogP contribution is 2.24. The van der Waals surface area contributed by atoms with Gasteiger partial charge in [0.2, 0.25) is 21.8 Å². The van der Waals surface area contributed by atoms with Gasteiger partial charge in [-0.3, -0.25) is 14.6 Å². The lowest BCUT2D eigenvalue weighted by atomic mass is 9.97. The Balaban J connectivity index is 1.42. The zero-order chi connectivity index (χ0) is 21.6. The Labute approximate surface area is 180 Å². The van der Waals surface area contributed by atoms with Gasteiger partial charge < -0.3 is 10.6 Å². The van der Waals surface area contributed by atoms with Crippen molar-refractivity contribution in [3.63, 3.8) is 0 Å². The van der Waals surface area contributed by atoms with Crippen LogP contribution in [0.4, 0.5) is 5.69 Å². The molecule has 3 rings (SSSR count). The van der Waals surface area contributed by atoms with E-state index in [1.807, 2.05) is 0 Å². The van der Waals surface area contributed by atoms with E-state index >= 15 is 0 Å². The third-order valence-electron chi connectivity index (χ3n) is 4.89. The van der Waals surface area contributed by atoms with Crippen molar-refractivity contribution in [3.8, 4) is 0 Å². The smallest absolute Gasteiger partial charge is 0.243 e. The van der Waals surface area contributed by atoms with Crippen LogP contribution in [0.25, 0.3) is 0 Å². The molecule has 1 aliphatic rings. The highest BCUT2D eigenvalue weighted by Gasteiger charge is 2.32. The summed E-state index contributed by atoms with van der Waals surface area (Å²) in [5.74, 6) is -0.634. The molecule has 1 fully saturated rings. The minimum atomic E-state index is -3.60. The molecule has 8 nitrogen and oxygen atoms in total. The molecule has 0 spiro atoms. The van der Waals surface area contributed by atoms with Gasteiger partial charge in [-0.15, -0.1) is 0 Å². The molecule has 2 N–H and O–H groups in total. The van der Waals surface area contributed by atoms with Gasteiger partial charge in [-0.2, -0.15) is 4.31 Å². The predicted molar refractivity (Wildman–Crippen MR) is 113 cm³/mol. The molecule has 0 unspecified atom stereocenters. The molecule has 0 bridgehead atoms. The van der Waals surface area contributed by atoms with E-state index in [0.29, 0.717) is 23.6 Å². The van der Waals surface area contributed by atoms with Gasteiger partial charge in [0.05, 0.1) is 4.90 Å². The fraction of sp³-hybridized carbons (Fsp3) is 0.350. The lowest BCUT2D eigenvalue weighted by molar-refractivity contribution is -0.126. The number of anilines is 1. The van der Waals surface area contributed by atoms with Crippen LogP contribution in [0.3, 0.4) is 0 Å². The molecular weight excluding hydrogens is 428 g/mol. The Morgan fingerprint density at radius 2 is 1.70 bits per heavy atom. The molecule has 1 aliphatic heterocycles. The lowest BCUT2D eigenvalue weighted by Crippen LogP contribution is -2.43. The van der Waals surface area contributed by atoms with Crippen LogP contribution >= 0.6 is 11.6 Å². The molecular formula is C20H23ClN4O4S. The van der Waals surface area contributed by atoms with Crippen LogP contribution in [-0.2, 0) is 19.6 Å². The quantitative estimate of drug-likeness (QED) is 0.672. The van der Waals surface area contributed by atoms with Crippen molar-refractivity contribution in [2.45, 2.75) is 24.2 Å². The van der Waals surface area contributed by atoms with Crippen molar-refractivity contribution in [2.75, 3.05) is 25.0 Å². The van der Waals surface area contributed by atoms with Crippen LogP contribution in [0.5, 0.6) is 0 Å². The van der Waals surface area contributed by atoms with Crippen molar-refractivity contribution in [1.29, 1.82) is 0 Å². The van der Waals surface area contributed by atoms with E-state index in [9.17, 15) is 18.0 Å². The summed E-state index contributed by atoms with van der Waals surface area (Å²) >= 11 is 5.82. The summed E-state index contributed by atoms with van der Waals surface area (Å²) < 4.78 is 26.8. The van der Waals surface area contributed by atoms with E-state index in [1.54, 1.807) is 36.7 Å². The summed E-state index contributed by atoms with van der Waals surface area (Å²) in [5.41, 5.74) is 0.649. The molecule has 0 radical (unpaired) electrons. The van der Waals surface area contributed by atoms with Crippen LogP contribution in [-0.4, -0.2) is 49.2 Å². The third-order valence-corrected chi connectivity index (χ3v) is 7.06. The molecule has 0 atom stereocenters. The molecule has 10 heteroatoms. The first-order chi connectivity index (χ1) is 14.4. The van der Waals surface area contributed by atoms with E-state index in [0.717, 1.165) is 0 Å². The third kappa shape index (κ3) is 5.78. The zero-order valence-electron chi connectivity index (χ0n) is 16.3. The topological polar surface area (TPSA) is 108 Å². The van der Waals surface area contributed by atoms with Crippen molar-refractivity contribution >= 4 is 39.1 Å². The van der Waals surface area contributed by atoms with Crippen molar-refractivity contribution in [1.82, 2.24) is 14.6 Å². The number of rotatable bonds is 7. The Hall–Kier alpha value is -2.49. The van der Waals surface area contributed by atoms with E-state index < -0.39 is 10.0 Å². The van der Waals surface area contributed by atoms with Crippen LogP contribution in [0.2, 0.25) is 5.02 Å². The first kappa shape index (κ1) is 22.2. The Morgan fingerprint density at radius 3 is 2.33 bits per heavy atom. The molecule has 0 aliphatic carbocycles. The molecule has 2 heterocycles. The van der Waals surface area contributed by atoms with Crippen molar-refractivity contribution in [2.24, 2.45) is 5.92 Å². The maximum Gasteiger partial charge on any atom is 0.243 e. The minimum Gasteiger partial charge on any atom is -0.355 e. The number of piperidine rings is 1. The summed E-state index contributed by atoms with van der Waals surface area (Å²) in [4.78, 5) is 28.3. The van der Waals surface area contributed by atoms with Crippen molar-refractivity contribution in [3.05, 3.63) is 53.8 Å². The summed E-state index contributed by atoms with van der Waals surface area (Å²) in [7, 11) is -3.60. The number of nitrogens with zero attached hydrogens (tertiary/aromatic N) is 2. The number of amides is 2. The largest absolute Gasteiger partial charge is 0.355 e. The molecule has 30 heavy (non-hydrogen) atoms. The Bertz CT molecular complexity index is 976. The average Bonchev–Trinajstić information content (AvgIpc) is 2.75. The maximum absolute atomic E-state index is 12.7. The number of nitrogens with one attached hydrogen (secondary N) is 2. The SMILES string of the molecule is O=C(CCNC(=O)C1CCN(S(=O)(=O)c2ccc(Cl)cc2)CC1)Nc1ccncc1. The number of sulfonamides is 1. The van der Waals surface area contributed by atoms with Crippen LogP contribution in [0.1, 0.15) is 19.3 Å². The van der Waals surface area contributed by atoms with Gasteiger partial charge in [-0.05, 0) is 49.2 Å². The second kappa shape index (κ2) is 10.0. The summed E-state index contributed by atoms with van der Waals surface area (Å²) in [6.07, 6.45) is 4.18. The monoisotopic (exact) mass is 450 g/mol. The maximum atomic E-state index is 12.7. The number of carbonyl (C=O) groups is 2. The molecule has 1 aromatic carbocycles. The van der Waals surface area contributed by atoms with Gasteiger partial charge in [0.15, 0.2) is 0 Å². The molecule has 2 amide bonds. The van der Waals surface area contributed by atoms with Gasteiger partial charge in [-0.25, -0.2) is 8.42 Å². The van der Waals surface area contributed by atoms with E-state index in [-0.39, 0.29) is 48.7 Å². The van der Waals surface area contributed by atoms with Gasteiger partial charge in [0.1, 0.15) is 0 Å². The summed E-state index contributed by atoms with van der Waals surface area (Å²) in [6, 6.07) is 9.41. The fourth-order valence-corrected chi connectivity index (χ4v) is 4.81. The standard InChI is InChI=1S/C20H23ClN4O4S/c21-16-1-3-18(4-2-16)30(28,29)25-13-8-15(9-14-25)20(27)23-12-7-19(26)24-17-5-10-22-11-6-17/h1-6,10-11,15H,7-9,12-14H2,(H,23,27)(H,22,24,26). The number of hydrogen-bond donors (Lipinski definition) is 2. The van der Waals surface area contributed by atoms with Crippen LogP contribution in [0, 0.1) is 5.92 Å². The second-order valence-electron chi connectivity index (χ2n) is 6.96. The lowest BCUT2D eigenvalue weighted by Gasteiger charge is -2.30. The molecule has 160 valence electrons. The Kier molecular flexibility index (Phi) is 7.41. The summed E-state index contributed by atoms with van der Waals surface area (Å²) in [6.45, 7) is 0.760. The second-order valence-corrected chi connectivity index (χ2v) is 9.33. The normalized spacial score (nSPS) is 15.5. The van der Waals surface area contributed by atoms with Gasteiger partial charge in [-0.1, -0.05) is 11.6 Å². The molecule has 1 aromatic heterocycles. The first-order valence-corrected chi connectivity index (χ1v) is 11.4. The van der Waals surface area contributed by atoms with Crippen molar-refractivity contribution < 1.29 is 18.0 Å². The first-order valence-electron chi connectivity index (χ1n) is 9.59. The molecule has 0 saturated carbocycles. The van der Waals surface area contributed by atoms with Gasteiger partial charge in [0.25, 0.3) is 0 Å². The van der Waals surface area contributed by atoms with Crippen LogP contribution in [0.15, 0.2) is 53.7 Å². The number of aromatic nitrogens is 1. The van der Waals surface area contributed by atoms with E-state index in [1.165, 1.54) is 16.4 Å². The number of benzene rings is 1. The number of carbonyl (C=O) groups excluding carboxylic acids is 2. The summed E-state index contributed by atoms with van der Waals surface area (Å²) in [5, 5.41) is 5.96. The highest BCUT2D eigenvalue weighted by atomic mass is 35.5.